The molecule has 27 heavy (non-hydrogen) atoms. The number of hydrogen-bond acceptors (Lipinski definition) is 4. The van der Waals surface area contributed by atoms with Crippen LogP contribution in [0.2, 0.25) is 0 Å². The first-order chi connectivity index (χ1) is 12.7. The van der Waals surface area contributed by atoms with Gasteiger partial charge in [-0.15, -0.1) is 35.3 Å². The molecular formula is C19H31IN6S. The minimum Gasteiger partial charge on any atom is -0.357 e. The Morgan fingerprint density at radius 2 is 2.26 bits per heavy atom. The number of thiazole rings is 1. The third kappa shape index (κ3) is 5.91. The summed E-state index contributed by atoms with van der Waals surface area (Å²) in [7, 11) is 0. The lowest BCUT2D eigenvalue weighted by atomic mass is 9.93. The number of aryl methyl sites for hydroxylation is 1. The normalized spacial score (nSPS) is 20.4. The van der Waals surface area contributed by atoms with Crippen LogP contribution in [-0.2, 0) is 12.8 Å². The van der Waals surface area contributed by atoms with Gasteiger partial charge in [-0.05, 0) is 25.7 Å². The summed E-state index contributed by atoms with van der Waals surface area (Å²) in [5, 5.41) is 6.85. The maximum absolute atomic E-state index is 4.88. The van der Waals surface area contributed by atoms with Crippen molar-refractivity contribution in [2.75, 3.05) is 26.2 Å². The second kappa shape index (κ2) is 11.0. The number of imidazole rings is 1. The van der Waals surface area contributed by atoms with Gasteiger partial charge in [0.05, 0.1) is 23.1 Å². The first-order valence-electron chi connectivity index (χ1n) is 9.65. The average Bonchev–Trinajstić information content (AvgIpc) is 3.33. The van der Waals surface area contributed by atoms with Crippen LogP contribution in [0.3, 0.4) is 0 Å². The Kier molecular flexibility index (Phi) is 9.01. The van der Waals surface area contributed by atoms with E-state index in [4.69, 9.17) is 4.99 Å². The number of aliphatic imine (C=N–C) groups is 1. The van der Waals surface area contributed by atoms with Crippen molar-refractivity contribution in [1.82, 2.24) is 24.8 Å². The van der Waals surface area contributed by atoms with Gasteiger partial charge >= 0.3 is 0 Å². The number of nitrogens with zero attached hydrogens (tertiary/aromatic N) is 5. The van der Waals surface area contributed by atoms with Crippen molar-refractivity contribution in [1.29, 1.82) is 0 Å². The number of guanidine groups is 1. The number of piperidine rings is 1. The van der Waals surface area contributed by atoms with E-state index in [0.29, 0.717) is 12.0 Å². The Morgan fingerprint density at radius 3 is 2.93 bits per heavy atom. The Bertz CT molecular complexity index is 699. The fourth-order valence-electron chi connectivity index (χ4n) is 3.42. The quantitative estimate of drug-likeness (QED) is 0.373. The van der Waals surface area contributed by atoms with Crippen LogP contribution in [-0.4, -0.2) is 51.6 Å². The van der Waals surface area contributed by atoms with Gasteiger partial charge in [-0.3, -0.25) is 4.99 Å². The van der Waals surface area contributed by atoms with Gasteiger partial charge in [0, 0.05) is 50.4 Å². The summed E-state index contributed by atoms with van der Waals surface area (Å²) in [6.45, 7) is 10.3. The molecule has 0 spiro atoms. The summed E-state index contributed by atoms with van der Waals surface area (Å²) >= 11 is 1.75. The zero-order valence-electron chi connectivity index (χ0n) is 16.5. The van der Waals surface area contributed by atoms with E-state index in [1.807, 2.05) is 12.5 Å². The highest BCUT2D eigenvalue weighted by molar-refractivity contribution is 14.0. The van der Waals surface area contributed by atoms with E-state index in [-0.39, 0.29) is 24.0 Å². The molecule has 1 saturated heterocycles. The zero-order valence-corrected chi connectivity index (χ0v) is 19.6. The van der Waals surface area contributed by atoms with Crippen LogP contribution in [0.5, 0.6) is 0 Å². The van der Waals surface area contributed by atoms with Crippen molar-refractivity contribution in [3.63, 3.8) is 0 Å². The van der Waals surface area contributed by atoms with Crippen LogP contribution in [0.1, 0.15) is 43.9 Å². The SMILES string of the molecule is CCNC(=NCCc1csc(CC)n1)N1CCC(C)C(n2ccnc2)C1.I. The molecule has 8 heteroatoms. The van der Waals surface area contributed by atoms with Crippen molar-refractivity contribution < 1.29 is 0 Å². The minimum absolute atomic E-state index is 0. The van der Waals surface area contributed by atoms with Crippen molar-refractivity contribution in [3.8, 4) is 0 Å². The van der Waals surface area contributed by atoms with Crippen LogP contribution in [0.15, 0.2) is 29.1 Å². The van der Waals surface area contributed by atoms with Gasteiger partial charge < -0.3 is 14.8 Å². The molecule has 2 aromatic rings. The summed E-state index contributed by atoms with van der Waals surface area (Å²) in [5.74, 6) is 1.67. The molecule has 1 aliphatic heterocycles. The molecule has 0 bridgehead atoms. The molecule has 0 radical (unpaired) electrons. The van der Waals surface area contributed by atoms with E-state index < -0.39 is 0 Å². The highest BCUT2D eigenvalue weighted by atomic mass is 127. The molecule has 2 atom stereocenters. The summed E-state index contributed by atoms with van der Waals surface area (Å²) < 4.78 is 2.24. The van der Waals surface area contributed by atoms with Crippen LogP contribution >= 0.6 is 35.3 Å². The monoisotopic (exact) mass is 502 g/mol. The van der Waals surface area contributed by atoms with E-state index >= 15 is 0 Å². The molecule has 6 nitrogen and oxygen atoms in total. The third-order valence-corrected chi connectivity index (χ3v) is 6.03. The van der Waals surface area contributed by atoms with Gasteiger partial charge in [0.25, 0.3) is 0 Å². The molecule has 2 unspecified atom stereocenters. The molecule has 1 fully saturated rings. The molecule has 2 aromatic heterocycles. The topological polar surface area (TPSA) is 58.3 Å². The van der Waals surface area contributed by atoms with Crippen LogP contribution < -0.4 is 5.32 Å². The number of nitrogens with one attached hydrogen (secondary N) is 1. The summed E-state index contributed by atoms with van der Waals surface area (Å²) in [4.78, 5) is 16.1. The Morgan fingerprint density at radius 1 is 1.41 bits per heavy atom. The predicted octanol–water partition coefficient (Wildman–Crippen LogP) is 3.61. The average molecular weight is 502 g/mol. The van der Waals surface area contributed by atoms with E-state index in [1.165, 1.54) is 11.4 Å². The number of hydrogen-bond donors (Lipinski definition) is 1. The van der Waals surface area contributed by atoms with E-state index in [2.05, 4.69) is 57.1 Å². The highest BCUT2D eigenvalue weighted by Crippen LogP contribution is 2.27. The van der Waals surface area contributed by atoms with E-state index in [1.54, 1.807) is 11.3 Å². The lowest BCUT2D eigenvalue weighted by Crippen LogP contribution is -2.49. The van der Waals surface area contributed by atoms with Crippen molar-refractivity contribution >= 4 is 41.3 Å². The maximum Gasteiger partial charge on any atom is 0.193 e. The molecule has 1 aliphatic rings. The van der Waals surface area contributed by atoms with Gasteiger partial charge in [0.15, 0.2) is 5.96 Å². The Balaban J connectivity index is 0.00000261. The molecule has 3 rings (SSSR count). The molecule has 150 valence electrons. The second-order valence-corrected chi connectivity index (χ2v) is 7.80. The number of likely N-dealkylation sites (tertiary alicyclic amines) is 1. The molecule has 0 aromatic carbocycles. The second-order valence-electron chi connectivity index (χ2n) is 6.86. The largest absolute Gasteiger partial charge is 0.357 e. The van der Waals surface area contributed by atoms with Gasteiger partial charge in [-0.25, -0.2) is 9.97 Å². The van der Waals surface area contributed by atoms with Gasteiger partial charge in [0.1, 0.15) is 0 Å². The van der Waals surface area contributed by atoms with Crippen LogP contribution in [0.4, 0.5) is 0 Å². The molecular weight excluding hydrogens is 471 g/mol. The van der Waals surface area contributed by atoms with Gasteiger partial charge in [-0.1, -0.05) is 13.8 Å². The third-order valence-electron chi connectivity index (χ3n) is 4.99. The van der Waals surface area contributed by atoms with Gasteiger partial charge in [0.2, 0.25) is 0 Å². The summed E-state index contributed by atoms with van der Waals surface area (Å²) in [5.41, 5.74) is 1.16. The van der Waals surface area contributed by atoms with Crippen LogP contribution in [0, 0.1) is 5.92 Å². The summed E-state index contributed by atoms with van der Waals surface area (Å²) in [6, 6.07) is 0.445. The van der Waals surface area contributed by atoms with E-state index in [9.17, 15) is 0 Å². The van der Waals surface area contributed by atoms with Gasteiger partial charge in [-0.2, -0.15) is 0 Å². The molecule has 3 heterocycles. The first kappa shape index (κ1) is 22.1. The predicted molar refractivity (Wildman–Crippen MR) is 123 cm³/mol. The Hall–Kier alpha value is -1.16. The molecule has 0 saturated carbocycles. The van der Waals surface area contributed by atoms with Crippen molar-refractivity contribution in [2.45, 2.75) is 46.1 Å². The number of rotatable bonds is 6. The fourth-order valence-corrected chi connectivity index (χ4v) is 4.20. The lowest BCUT2D eigenvalue weighted by Gasteiger charge is -2.39. The van der Waals surface area contributed by atoms with Crippen molar-refractivity contribution in [2.24, 2.45) is 10.9 Å². The minimum atomic E-state index is 0. The molecule has 0 amide bonds. The molecule has 1 N–H and O–H groups in total. The van der Waals surface area contributed by atoms with Crippen molar-refractivity contribution in [3.05, 3.63) is 34.8 Å². The fraction of sp³-hybridized carbons (Fsp3) is 0.632. The maximum atomic E-state index is 4.88. The smallest absolute Gasteiger partial charge is 0.193 e. The van der Waals surface area contributed by atoms with Crippen LogP contribution in [0.25, 0.3) is 0 Å². The zero-order chi connectivity index (χ0) is 18.4. The number of aromatic nitrogens is 3. The number of halogens is 1. The first-order valence-corrected chi connectivity index (χ1v) is 10.5. The molecule has 0 aliphatic carbocycles. The standard InChI is InChI=1S/C19H30N6S.HI/c1-4-18-23-16(13-26-18)6-8-22-19(21-5-2)24-10-7-15(3)17(12-24)25-11-9-20-14-25;/h9,11,13-15,17H,4-8,10,12H2,1-3H3,(H,21,22);1H. The lowest BCUT2D eigenvalue weighted by molar-refractivity contribution is 0.189. The highest BCUT2D eigenvalue weighted by Gasteiger charge is 2.28. The van der Waals surface area contributed by atoms with E-state index in [0.717, 1.165) is 50.7 Å². The summed E-state index contributed by atoms with van der Waals surface area (Å²) in [6.07, 6.45) is 8.95. The Labute approximate surface area is 183 Å².